The Morgan fingerprint density at radius 1 is 1.42 bits per heavy atom. The fourth-order valence-electron chi connectivity index (χ4n) is 2.17. The van der Waals surface area contributed by atoms with E-state index in [1.165, 1.54) is 22.2 Å². The normalized spacial score (nSPS) is 13.1. The van der Waals surface area contributed by atoms with Gasteiger partial charge in [-0.3, -0.25) is 9.36 Å². The van der Waals surface area contributed by atoms with Crippen LogP contribution in [0.1, 0.15) is 30.3 Å². The van der Waals surface area contributed by atoms with E-state index in [9.17, 15) is 14.7 Å². The van der Waals surface area contributed by atoms with Gasteiger partial charge < -0.3 is 5.11 Å². The van der Waals surface area contributed by atoms with E-state index < -0.39 is 12.0 Å². The molecule has 1 unspecified atom stereocenters. The van der Waals surface area contributed by atoms with Gasteiger partial charge in [0.15, 0.2) is 0 Å². The summed E-state index contributed by atoms with van der Waals surface area (Å²) in [6.45, 7) is 7.36. The molecule has 0 aliphatic heterocycles. The van der Waals surface area contributed by atoms with Crippen LogP contribution in [0.25, 0.3) is 10.2 Å². The molecule has 0 saturated heterocycles. The van der Waals surface area contributed by atoms with Gasteiger partial charge in [-0.05, 0) is 25.3 Å². The molecule has 6 heteroatoms. The van der Waals surface area contributed by atoms with E-state index in [4.69, 9.17) is 0 Å². The molecule has 2 aromatic heterocycles. The average molecular weight is 280 g/mol. The highest BCUT2D eigenvalue weighted by atomic mass is 32.1. The van der Waals surface area contributed by atoms with Crippen molar-refractivity contribution in [1.29, 1.82) is 0 Å². The SMILES string of the molecule is Cc1sc2ncn(C(C(=O)O)C(C)C)c(=O)c2c1C. The van der Waals surface area contributed by atoms with E-state index in [0.29, 0.717) is 10.2 Å². The number of aliphatic carboxylic acids is 1. The summed E-state index contributed by atoms with van der Waals surface area (Å²) in [6, 6.07) is -0.885. The lowest BCUT2D eigenvalue weighted by Crippen LogP contribution is -2.33. The number of carboxylic acids is 1. The first kappa shape index (κ1) is 13.7. The number of aromatic nitrogens is 2. The Hall–Kier alpha value is -1.69. The van der Waals surface area contributed by atoms with E-state index in [0.717, 1.165) is 10.4 Å². The zero-order valence-electron chi connectivity index (χ0n) is 11.3. The molecule has 2 heterocycles. The van der Waals surface area contributed by atoms with Crippen molar-refractivity contribution in [1.82, 2.24) is 9.55 Å². The maximum atomic E-state index is 12.5. The van der Waals surface area contributed by atoms with E-state index in [1.807, 2.05) is 13.8 Å². The van der Waals surface area contributed by atoms with Crippen LogP contribution in [0.4, 0.5) is 0 Å². The summed E-state index contributed by atoms with van der Waals surface area (Å²) < 4.78 is 1.23. The Morgan fingerprint density at radius 3 is 2.58 bits per heavy atom. The van der Waals surface area contributed by atoms with Crippen LogP contribution in [-0.2, 0) is 4.79 Å². The van der Waals surface area contributed by atoms with Crippen LogP contribution in [0.3, 0.4) is 0 Å². The van der Waals surface area contributed by atoms with Gasteiger partial charge in [0.05, 0.1) is 11.7 Å². The summed E-state index contributed by atoms with van der Waals surface area (Å²) in [6.07, 6.45) is 1.35. The topological polar surface area (TPSA) is 72.2 Å². The maximum absolute atomic E-state index is 12.5. The number of fused-ring (bicyclic) bond motifs is 1. The fourth-order valence-corrected chi connectivity index (χ4v) is 3.16. The molecule has 102 valence electrons. The predicted molar refractivity (Wildman–Crippen MR) is 74.9 cm³/mol. The Morgan fingerprint density at radius 2 is 2.05 bits per heavy atom. The number of nitrogens with zero attached hydrogens (tertiary/aromatic N) is 2. The van der Waals surface area contributed by atoms with Gasteiger partial charge >= 0.3 is 5.97 Å². The van der Waals surface area contributed by atoms with Gasteiger partial charge in [0.25, 0.3) is 5.56 Å². The van der Waals surface area contributed by atoms with E-state index in [1.54, 1.807) is 13.8 Å². The van der Waals surface area contributed by atoms with Gasteiger partial charge in [0.1, 0.15) is 10.9 Å². The fraction of sp³-hybridized carbons (Fsp3) is 0.462. The second kappa shape index (κ2) is 4.77. The minimum absolute atomic E-state index is 0.186. The molecule has 0 aliphatic carbocycles. The Balaban J connectivity index is 2.75. The molecule has 0 aromatic carbocycles. The second-order valence-corrected chi connectivity index (χ2v) is 6.15. The number of thiophene rings is 1. The highest BCUT2D eigenvalue weighted by Crippen LogP contribution is 2.26. The molecule has 0 saturated carbocycles. The average Bonchev–Trinajstić information content (AvgIpc) is 2.58. The zero-order chi connectivity index (χ0) is 14.3. The number of carbonyl (C=O) groups is 1. The molecular formula is C13H16N2O3S. The van der Waals surface area contributed by atoms with Crippen molar-refractivity contribution in [2.24, 2.45) is 5.92 Å². The van der Waals surface area contributed by atoms with Crippen LogP contribution in [-0.4, -0.2) is 20.6 Å². The van der Waals surface area contributed by atoms with E-state index >= 15 is 0 Å². The number of aryl methyl sites for hydroxylation is 2. The third-order valence-corrected chi connectivity index (χ3v) is 4.41. The smallest absolute Gasteiger partial charge is 0.327 e. The molecule has 0 radical (unpaired) electrons. The molecule has 5 nitrogen and oxygen atoms in total. The molecule has 0 fully saturated rings. The van der Waals surface area contributed by atoms with Gasteiger partial charge in [-0.15, -0.1) is 11.3 Å². The predicted octanol–water partition coefficient (Wildman–Crippen LogP) is 2.36. The Kier molecular flexibility index (Phi) is 3.45. The van der Waals surface area contributed by atoms with Gasteiger partial charge in [-0.1, -0.05) is 13.8 Å². The third kappa shape index (κ3) is 2.16. The minimum atomic E-state index is -1.01. The van der Waals surface area contributed by atoms with E-state index in [2.05, 4.69) is 4.98 Å². The van der Waals surface area contributed by atoms with Crippen LogP contribution in [0, 0.1) is 19.8 Å². The standard InChI is InChI=1S/C13H16N2O3S/c1-6(2)10(13(17)18)15-5-14-11-9(12(15)16)7(3)8(4)19-11/h5-6,10H,1-4H3,(H,17,18). The lowest BCUT2D eigenvalue weighted by atomic mass is 10.0. The summed E-state index contributed by atoms with van der Waals surface area (Å²) in [5.74, 6) is -1.20. The lowest BCUT2D eigenvalue weighted by molar-refractivity contribution is -0.142. The van der Waals surface area contributed by atoms with Gasteiger partial charge in [-0.2, -0.15) is 0 Å². The summed E-state index contributed by atoms with van der Waals surface area (Å²) in [5, 5.41) is 9.82. The largest absolute Gasteiger partial charge is 0.480 e. The molecule has 2 aromatic rings. The maximum Gasteiger partial charge on any atom is 0.327 e. The number of hydrogen-bond donors (Lipinski definition) is 1. The molecule has 2 rings (SSSR count). The van der Waals surface area contributed by atoms with Crippen LogP contribution >= 0.6 is 11.3 Å². The van der Waals surface area contributed by atoms with Crippen molar-refractivity contribution in [2.45, 2.75) is 33.7 Å². The molecule has 1 N–H and O–H groups in total. The summed E-state index contributed by atoms with van der Waals surface area (Å²) in [4.78, 5) is 29.7. The first-order chi connectivity index (χ1) is 8.84. The van der Waals surface area contributed by atoms with Crippen molar-refractivity contribution >= 4 is 27.5 Å². The molecular weight excluding hydrogens is 264 g/mol. The lowest BCUT2D eigenvalue weighted by Gasteiger charge is -2.18. The number of rotatable bonds is 3. The van der Waals surface area contributed by atoms with Crippen molar-refractivity contribution in [3.05, 3.63) is 27.1 Å². The van der Waals surface area contributed by atoms with Crippen molar-refractivity contribution in [3.8, 4) is 0 Å². The zero-order valence-corrected chi connectivity index (χ0v) is 12.1. The highest BCUT2D eigenvalue weighted by Gasteiger charge is 2.26. The van der Waals surface area contributed by atoms with Crippen LogP contribution in [0.15, 0.2) is 11.1 Å². The van der Waals surface area contributed by atoms with Gasteiger partial charge in [0.2, 0.25) is 0 Å². The van der Waals surface area contributed by atoms with Gasteiger partial charge in [-0.25, -0.2) is 9.78 Å². The summed E-state index contributed by atoms with van der Waals surface area (Å²) in [5.41, 5.74) is 0.618. The number of hydrogen-bond acceptors (Lipinski definition) is 4. The Bertz CT molecular complexity index is 700. The second-order valence-electron chi connectivity index (χ2n) is 4.95. The summed E-state index contributed by atoms with van der Waals surface area (Å²) >= 11 is 1.46. The van der Waals surface area contributed by atoms with Crippen molar-refractivity contribution in [2.75, 3.05) is 0 Å². The van der Waals surface area contributed by atoms with Crippen molar-refractivity contribution in [3.63, 3.8) is 0 Å². The molecule has 0 amide bonds. The monoisotopic (exact) mass is 280 g/mol. The molecule has 1 atom stereocenters. The first-order valence-corrected chi connectivity index (χ1v) is 6.86. The molecule has 0 bridgehead atoms. The number of carboxylic acid groups (broad SMARTS) is 1. The van der Waals surface area contributed by atoms with Crippen LogP contribution < -0.4 is 5.56 Å². The molecule has 0 aliphatic rings. The molecule has 19 heavy (non-hydrogen) atoms. The third-order valence-electron chi connectivity index (χ3n) is 3.30. The summed E-state index contributed by atoms with van der Waals surface area (Å²) in [7, 11) is 0. The van der Waals surface area contributed by atoms with Crippen LogP contribution in [0.5, 0.6) is 0 Å². The molecule has 0 spiro atoms. The van der Waals surface area contributed by atoms with E-state index in [-0.39, 0.29) is 11.5 Å². The van der Waals surface area contributed by atoms with Gasteiger partial charge in [0, 0.05) is 4.88 Å². The first-order valence-electron chi connectivity index (χ1n) is 6.04. The van der Waals surface area contributed by atoms with Crippen LogP contribution in [0.2, 0.25) is 0 Å². The minimum Gasteiger partial charge on any atom is -0.480 e. The highest BCUT2D eigenvalue weighted by molar-refractivity contribution is 7.18. The Labute approximate surface area is 114 Å². The van der Waals surface area contributed by atoms with Crippen molar-refractivity contribution < 1.29 is 9.90 Å². The quantitative estimate of drug-likeness (QED) is 0.936.